The van der Waals surface area contributed by atoms with Crippen molar-refractivity contribution in [3.05, 3.63) is 81.0 Å². The van der Waals surface area contributed by atoms with E-state index < -0.39 is 0 Å². The van der Waals surface area contributed by atoms with Gasteiger partial charge in [0.25, 0.3) is 11.8 Å². The lowest BCUT2D eigenvalue weighted by Gasteiger charge is -2.37. The predicted octanol–water partition coefficient (Wildman–Crippen LogP) is 4.92. The molecule has 2 aromatic carbocycles. The molecular weight excluding hydrogens is 418 g/mol. The Morgan fingerprint density at radius 3 is 2.47 bits per heavy atom. The van der Waals surface area contributed by atoms with Crippen LogP contribution in [0.15, 0.2) is 60.0 Å². The zero-order valence-electron chi connectivity index (χ0n) is 16.6. The summed E-state index contributed by atoms with van der Waals surface area (Å²) in [7, 11) is 0. The smallest absolute Gasteiger partial charge is 0.265 e. The van der Waals surface area contributed by atoms with Crippen LogP contribution in [0.25, 0.3) is 0 Å². The summed E-state index contributed by atoms with van der Waals surface area (Å²) in [6.45, 7) is 4.96. The van der Waals surface area contributed by atoms with Crippen LogP contribution in [0.2, 0.25) is 5.02 Å². The maximum absolute atomic E-state index is 13.0. The van der Waals surface area contributed by atoms with Gasteiger partial charge >= 0.3 is 0 Å². The molecule has 1 saturated heterocycles. The van der Waals surface area contributed by atoms with Crippen LogP contribution in [-0.4, -0.2) is 42.9 Å². The number of thiophene rings is 1. The van der Waals surface area contributed by atoms with Crippen molar-refractivity contribution in [1.29, 1.82) is 0 Å². The number of nitrogens with zero attached hydrogens (tertiary/aromatic N) is 2. The first-order valence-corrected chi connectivity index (χ1v) is 11.0. The number of para-hydroxylation sites is 1. The molecule has 154 valence electrons. The molecule has 0 saturated carbocycles. The van der Waals surface area contributed by atoms with Crippen molar-refractivity contribution in [2.75, 3.05) is 36.4 Å². The second-order valence-corrected chi connectivity index (χ2v) is 8.55. The molecule has 1 fully saturated rings. The van der Waals surface area contributed by atoms with Gasteiger partial charge < -0.3 is 15.1 Å². The number of nitrogens with one attached hydrogen (secondary N) is 1. The minimum atomic E-state index is -0.233. The van der Waals surface area contributed by atoms with Gasteiger partial charge in [-0.15, -0.1) is 11.3 Å². The summed E-state index contributed by atoms with van der Waals surface area (Å²) in [6, 6.07) is 16.9. The fourth-order valence-electron chi connectivity index (χ4n) is 3.60. The molecule has 1 N–H and O–H groups in total. The molecule has 5 nitrogen and oxygen atoms in total. The minimum Gasteiger partial charge on any atom is -0.368 e. The number of piperazine rings is 1. The SMILES string of the molecule is Cc1ccccc1N1CCN(C(=O)c2ccc(Cl)c(NC(=O)c3cccs3)c2)CC1. The second kappa shape index (κ2) is 8.90. The third-order valence-electron chi connectivity index (χ3n) is 5.23. The number of benzene rings is 2. The van der Waals surface area contributed by atoms with Gasteiger partial charge in [-0.2, -0.15) is 0 Å². The van der Waals surface area contributed by atoms with Crippen molar-refractivity contribution in [3.8, 4) is 0 Å². The Morgan fingerprint density at radius 2 is 1.77 bits per heavy atom. The Bertz CT molecular complexity index is 1060. The van der Waals surface area contributed by atoms with Crippen LogP contribution >= 0.6 is 22.9 Å². The van der Waals surface area contributed by atoms with Crippen LogP contribution in [-0.2, 0) is 0 Å². The highest BCUT2D eigenvalue weighted by atomic mass is 35.5. The Kier molecular flexibility index (Phi) is 6.06. The van der Waals surface area contributed by atoms with Crippen molar-refractivity contribution in [1.82, 2.24) is 4.90 Å². The number of anilines is 2. The molecule has 3 aromatic rings. The highest BCUT2D eigenvalue weighted by Gasteiger charge is 2.23. The Balaban J connectivity index is 1.44. The highest BCUT2D eigenvalue weighted by Crippen LogP contribution is 2.26. The second-order valence-electron chi connectivity index (χ2n) is 7.19. The van der Waals surface area contributed by atoms with Crippen LogP contribution in [0.5, 0.6) is 0 Å². The lowest BCUT2D eigenvalue weighted by atomic mass is 10.1. The van der Waals surface area contributed by atoms with E-state index in [0.29, 0.717) is 34.2 Å². The maximum atomic E-state index is 13.0. The van der Waals surface area contributed by atoms with E-state index in [4.69, 9.17) is 11.6 Å². The molecule has 0 spiro atoms. The summed E-state index contributed by atoms with van der Waals surface area (Å²) < 4.78 is 0. The fraction of sp³-hybridized carbons (Fsp3) is 0.217. The van der Waals surface area contributed by atoms with Crippen LogP contribution in [0, 0.1) is 6.92 Å². The van der Waals surface area contributed by atoms with E-state index in [2.05, 4.69) is 29.3 Å². The summed E-state index contributed by atoms with van der Waals surface area (Å²) in [6.07, 6.45) is 0. The van der Waals surface area contributed by atoms with E-state index in [0.717, 1.165) is 13.1 Å². The summed E-state index contributed by atoms with van der Waals surface area (Å²) in [4.78, 5) is 30.1. The number of hydrogen-bond acceptors (Lipinski definition) is 4. The van der Waals surface area contributed by atoms with Crippen molar-refractivity contribution in [3.63, 3.8) is 0 Å². The molecule has 1 aromatic heterocycles. The van der Waals surface area contributed by atoms with Gasteiger partial charge in [0.15, 0.2) is 0 Å². The molecule has 1 aliphatic heterocycles. The molecular formula is C23H22ClN3O2S. The first kappa shape index (κ1) is 20.4. The number of amides is 2. The van der Waals surface area contributed by atoms with Gasteiger partial charge in [0.2, 0.25) is 0 Å². The third-order valence-corrected chi connectivity index (χ3v) is 6.43. The van der Waals surface area contributed by atoms with E-state index in [-0.39, 0.29) is 11.8 Å². The number of aryl methyl sites for hydroxylation is 1. The van der Waals surface area contributed by atoms with Gasteiger partial charge in [0.1, 0.15) is 0 Å². The molecule has 1 aliphatic rings. The largest absolute Gasteiger partial charge is 0.368 e. The summed E-state index contributed by atoms with van der Waals surface area (Å²) in [5, 5.41) is 5.05. The van der Waals surface area contributed by atoms with Crippen LogP contribution in [0.3, 0.4) is 0 Å². The van der Waals surface area contributed by atoms with E-state index in [1.54, 1.807) is 24.3 Å². The molecule has 2 amide bonds. The Hall–Kier alpha value is -2.83. The zero-order chi connectivity index (χ0) is 21.1. The quantitative estimate of drug-likeness (QED) is 0.627. The topological polar surface area (TPSA) is 52.6 Å². The molecule has 0 radical (unpaired) electrons. The molecule has 0 aliphatic carbocycles. The molecule has 4 rings (SSSR count). The van der Waals surface area contributed by atoms with E-state index in [1.165, 1.54) is 22.6 Å². The van der Waals surface area contributed by atoms with E-state index >= 15 is 0 Å². The molecule has 0 bridgehead atoms. The van der Waals surface area contributed by atoms with Crippen LogP contribution in [0.1, 0.15) is 25.6 Å². The van der Waals surface area contributed by atoms with Gasteiger partial charge in [-0.05, 0) is 48.2 Å². The first-order valence-electron chi connectivity index (χ1n) is 9.77. The summed E-state index contributed by atoms with van der Waals surface area (Å²) in [5.41, 5.74) is 3.42. The van der Waals surface area contributed by atoms with Gasteiger partial charge in [-0.1, -0.05) is 35.9 Å². The average molecular weight is 440 g/mol. The van der Waals surface area contributed by atoms with Crippen molar-refractivity contribution in [2.45, 2.75) is 6.92 Å². The van der Waals surface area contributed by atoms with E-state index in [9.17, 15) is 9.59 Å². The van der Waals surface area contributed by atoms with Crippen molar-refractivity contribution >= 4 is 46.1 Å². The molecule has 30 heavy (non-hydrogen) atoms. The minimum absolute atomic E-state index is 0.0530. The van der Waals surface area contributed by atoms with Gasteiger partial charge in [0.05, 0.1) is 15.6 Å². The lowest BCUT2D eigenvalue weighted by Crippen LogP contribution is -2.49. The summed E-state index contributed by atoms with van der Waals surface area (Å²) >= 11 is 7.60. The number of hydrogen-bond donors (Lipinski definition) is 1. The number of carbonyl (C=O) groups is 2. The normalized spacial score (nSPS) is 13.9. The molecule has 0 unspecified atom stereocenters. The van der Waals surface area contributed by atoms with E-state index in [1.807, 2.05) is 28.5 Å². The van der Waals surface area contributed by atoms with Gasteiger partial charge in [-0.3, -0.25) is 9.59 Å². The van der Waals surface area contributed by atoms with Gasteiger partial charge in [-0.25, -0.2) is 0 Å². The number of rotatable bonds is 4. The van der Waals surface area contributed by atoms with Crippen LogP contribution in [0.4, 0.5) is 11.4 Å². The Morgan fingerprint density at radius 1 is 1.00 bits per heavy atom. The van der Waals surface area contributed by atoms with Crippen molar-refractivity contribution < 1.29 is 9.59 Å². The first-order chi connectivity index (χ1) is 14.5. The summed E-state index contributed by atoms with van der Waals surface area (Å²) in [5.74, 6) is -0.286. The fourth-order valence-corrected chi connectivity index (χ4v) is 4.38. The third kappa shape index (κ3) is 4.35. The monoisotopic (exact) mass is 439 g/mol. The van der Waals surface area contributed by atoms with Crippen molar-refractivity contribution in [2.24, 2.45) is 0 Å². The predicted molar refractivity (Wildman–Crippen MR) is 123 cm³/mol. The average Bonchev–Trinajstić information content (AvgIpc) is 3.30. The van der Waals surface area contributed by atoms with Crippen LogP contribution < -0.4 is 10.2 Å². The molecule has 7 heteroatoms. The maximum Gasteiger partial charge on any atom is 0.265 e. The molecule has 2 heterocycles. The standard InChI is InChI=1S/C23H22ClN3O2S/c1-16-5-2-3-6-20(16)26-10-12-27(13-11-26)23(29)17-8-9-18(24)19(15-17)25-22(28)21-7-4-14-30-21/h2-9,14-15H,10-13H2,1H3,(H,25,28). The lowest BCUT2D eigenvalue weighted by molar-refractivity contribution is 0.0746. The Labute approximate surface area is 184 Å². The number of halogens is 1. The highest BCUT2D eigenvalue weighted by molar-refractivity contribution is 7.12. The molecule has 0 atom stereocenters. The zero-order valence-corrected chi connectivity index (χ0v) is 18.2. The number of carbonyl (C=O) groups excluding carboxylic acids is 2. The van der Waals surface area contributed by atoms with Gasteiger partial charge in [0, 0.05) is 37.4 Å².